The van der Waals surface area contributed by atoms with Crippen LogP contribution in [0.15, 0.2) is 36.5 Å². The second kappa shape index (κ2) is 8.89. The molecule has 2 aromatic carbocycles. The minimum absolute atomic E-state index is 0.0744. The Hall–Kier alpha value is -2.86. The minimum atomic E-state index is -0.410. The zero-order valence-electron chi connectivity index (χ0n) is 16.4. The molecule has 3 rings (SSSR count). The normalized spacial score (nSPS) is 11.0. The van der Waals surface area contributed by atoms with Gasteiger partial charge in [0, 0.05) is 24.6 Å². The maximum Gasteiger partial charge on any atom is 0.134 e. The van der Waals surface area contributed by atoms with Gasteiger partial charge in [-0.2, -0.15) is 0 Å². The van der Waals surface area contributed by atoms with Crippen molar-refractivity contribution in [3.63, 3.8) is 0 Å². The predicted molar refractivity (Wildman–Crippen MR) is 108 cm³/mol. The Morgan fingerprint density at radius 3 is 2.68 bits per heavy atom. The van der Waals surface area contributed by atoms with E-state index in [1.54, 1.807) is 18.3 Å². The lowest BCUT2D eigenvalue weighted by Gasteiger charge is -2.12. The van der Waals surface area contributed by atoms with Crippen molar-refractivity contribution < 1.29 is 13.9 Å². The van der Waals surface area contributed by atoms with Gasteiger partial charge in [-0.3, -0.25) is 9.78 Å². The first kappa shape index (κ1) is 19.9. The van der Waals surface area contributed by atoms with Crippen LogP contribution in [0, 0.1) is 5.82 Å². The summed E-state index contributed by atoms with van der Waals surface area (Å²) in [5.41, 5.74) is 4.13. The van der Waals surface area contributed by atoms with Gasteiger partial charge in [-0.25, -0.2) is 9.37 Å². The molecule has 28 heavy (non-hydrogen) atoms. The highest BCUT2D eigenvalue weighted by Crippen LogP contribution is 2.27. The summed E-state index contributed by atoms with van der Waals surface area (Å²) in [5.74, 6) is 0.307. The Labute approximate surface area is 164 Å². The molecule has 0 saturated heterocycles. The first-order valence-corrected chi connectivity index (χ1v) is 9.37. The number of fused-ring (bicyclic) bond motifs is 1. The number of hydrogen-bond donors (Lipinski definition) is 1. The Bertz CT molecular complexity index is 1000. The highest BCUT2D eigenvalue weighted by molar-refractivity contribution is 5.80. The molecule has 0 atom stereocenters. The van der Waals surface area contributed by atoms with Crippen LogP contribution in [0.1, 0.15) is 25.0 Å². The van der Waals surface area contributed by atoms with E-state index in [0.29, 0.717) is 28.9 Å². The Morgan fingerprint density at radius 1 is 1.18 bits per heavy atom. The molecule has 1 aromatic heterocycles. The van der Waals surface area contributed by atoms with Crippen LogP contribution >= 0.6 is 0 Å². The molecule has 0 aliphatic rings. The van der Waals surface area contributed by atoms with Crippen molar-refractivity contribution in [1.82, 2.24) is 15.3 Å². The van der Waals surface area contributed by atoms with Gasteiger partial charge < -0.3 is 10.1 Å². The van der Waals surface area contributed by atoms with Crippen molar-refractivity contribution in [2.24, 2.45) is 0 Å². The number of ketones is 1. The summed E-state index contributed by atoms with van der Waals surface area (Å²) in [6.45, 7) is 4.83. The summed E-state index contributed by atoms with van der Waals surface area (Å²) < 4.78 is 20.2. The third kappa shape index (κ3) is 4.51. The van der Waals surface area contributed by atoms with Crippen LogP contribution in [0.2, 0.25) is 0 Å². The van der Waals surface area contributed by atoms with Gasteiger partial charge >= 0.3 is 0 Å². The van der Waals surface area contributed by atoms with Crippen molar-refractivity contribution in [3.05, 3.63) is 53.5 Å². The molecule has 5 nitrogen and oxygen atoms in total. The number of rotatable bonds is 8. The number of aryl methyl sites for hydroxylation is 1. The molecule has 0 amide bonds. The van der Waals surface area contributed by atoms with E-state index < -0.39 is 5.82 Å². The van der Waals surface area contributed by atoms with Crippen LogP contribution < -0.4 is 10.1 Å². The number of hydrogen-bond acceptors (Lipinski definition) is 5. The van der Waals surface area contributed by atoms with E-state index in [2.05, 4.69) is 22.2 Å². The lowest BCUT2D eigenvalue weighted by Crippen LogP contribution is -2.16. The van der Waals surface area contributed by atoms with Gasteiger partial charge in [0.15, 0.2) is 0 Å². The van der Waals surface area contributed by atoms with Crippen LogP contribution in [0.4, 0.5) is 4.39 Å². The number of benzene rings is 2. The summed E-state index contributed by atoms with van der Waals surface area (Å²) in [7, 11) is 1.88. The topological polar surface area (TPSA) is 64.1 Å². The molecule has 0 spiro atoms. The predicted octanol–water partition coefficient (Wildman–Crippen LogP) is 3.73. The maximum absolute atomic E-state index is 14.3. The lowest BCUT2D eigenvalue weighted by atomic mass is 10.0. The van der Waals surface area contributed by atoms with Crippen molar-refractivity contribution in [1.29, 1.82) is 0 Å². The summed E-state index contributed by atoms with van der Waals surface area (Å²) in [6.07, 6.45) is 2.56. The molecule has 0 saturated carbocycles. The average Bonchev–Trinajstić information content (AvgIpc) is 2.68. The maximum atomic E-state index is 14.3. The number of likely N-dealkylation sites (N-methyl/N-ethyl adjacent to an activating group) is 1. The molecule has 0 bridgehead atoms. The van der Waals surface area contributed by atoms with Gasteiger partial charge in [-0.05, 0) is 43.7 Å². The van der Waals surface area contributed by atoms with E-state index in [1.165, 1.54) is 13.0 Å². The molecular formula is C22H24FN3O2. The fourth-order valence-electron chi connectivity index (χ4n) is 3.01. The first-order valence-electron chi connectivity index (χ1n) is 9.37. The highest BCUT2D eigenvalue weighted by atomic mass is 19.1. The lowest BCUT2D eigenvalue weighted by molar-refractivity contribution is -0.116. The average molecular weight is 381 g/mol. The monoisotopic (exact) mass is 381 g/mol. The van der Waals surface area contributed by atoms with Crippen LogP contribution in [0.5, 0.6) is 5.75 Å². The summed E-state index contributed by atoms with van der Waals surface area (Å²) in [4.78, 5) is 20.4. The standard InChI is InChI=1S/C22H24FN3O2/c1-4-15-11-19-20(12-22(15)28-8-7-24-3)26-21(13-25-19)17-6-5-16(9-14(2)27)18(23)10-17/h5-6,10-13,24H,4,7-9H2,1-3H3. The summed E-state index contributed by atoms with van der Waals surface area (Å²) in [6, 6.07) is 8.67. The molecule has 0 radical (unpaired) electrons. The van der Waals surface area contributed by atoms with E-state index in [0.717, 1.165) is 29.8 Å². The quantitative estimate of drug-likeness (QED) is 0.603. The fourth-order valence-corrected chi connectivity index (χ4v) is 3.01. The smallest absolute Gasteiger partial charge is 0.134 e. The van der Waals surface area contributed by atoms with Gasteiger partial charge in [0.05, 0.1) is 22.9 Å². The SMILES string of the molecule is CCc1cc2ncc(-c3ccc(CC(C)=O)c(F)c3)nc2cc1OCCNC. The largest absolute Gasteiger partial charge is 0.492 e. The van der Waals surface area contributed by atoms with E-state index in [4.69, 9.17) is 4.74 Å². The fraction of sp³-hybridized carbons (Fsp3) is 0.318. The van der Waals surface area contributed by atoms with E-state index in [-0.39, 0.29) is 12.2 Å². The van der Waals surface area contributed by atoms with E-state index >= 15 is 0 Å². The van der Waals surface area contributed by atoms with Crippen LogP contribution in [0.3, 0.4) is 0 Å². The second-order valence-corrected chi connectivity index (χ2v) is 6.69. The number of aromatic nitrogens is 2. The number of halogens is 1. The molecule has 0 aliphatic heterocycles. The molecule has 0 aliphatic carbocycles. The molecule has 3 aromatic rings. The van der Waals surface area contributed by atoms with Crippen molar-refractivity contribution >= 4 is 16.8 Å². The Morgan fingerprint density at radius 2 is 2.00 bits per heavy atom. The third-order valence-electron chi connectivity index (χ3n) is 4.50. The summed E-state index contributed by atoms with van der Waals surface area (Å²) >= 11 is 0. The first-order chi connectivity index (χ1) is 13.5. The van der Waals surface area contributed by atoms with Crippen molar-refractivity contribution in [3.8, 4) is 17.0 Å². The van der Waals surface area contributed by atoms with Crippen molar-refractivity contribution in [2.45, 2.75) is 26.7 Å². The molecule has 0 fully saturated rings. The van der Waals surface area contributed by atoms with Gasteiger partial charge in [0.1, 0.15) is 24.0 Å². The third-order valence-corrected chi connectivity index (χ3v) is 4.50. The molecule has 146 valence electrons. The minimum Gasteiger partial charge on any atom is -0.492 e. The highest BCUT2D eigenvalue weighted by Gasteiger charge is 2.11. The Kier molecular flexibility index (Phi) is 6.31. The van der Waals surface area contributed by atoms with Crippen molar-refractivity contribution in [2.75, 3.05) is 20.2 Å². The molecule has 1 N–H and O–H groups in total. The number of Topliss-reactive ketones (excluding diaryl/α,β-unsaturated/α-hetero) is 1. The number of carbonyl (C=O) groups excluding carboxylic acids is 1. The van der Waals surface area contributed by atoms with Crippen LogP contribution in [-0.2, 0) is 17.6 Å². The van der Waals surface area contributed by atoms with Gasteiger partial charge in [-0.1, -0.05) is 19.1 Å². The van der Waals surface area contributed by atoms with Crippen LogP contribution in [-0.4, -0.2) is 36.0 Å². The van der Waals surface area contributed by atoms with Gasteiger partial charge in [0.2, 0.25) is 0 Å². The molecule has 0 unspecified atom stereocenters. The zero-order valence-corrected chi connectivity index (χ0v) is 16.4. The number of nitrogens with zero attached hydrogens (tertiary/aromatic N) is 2. The second-order valence-electron chi connectivity index (χ2n) is 6.69. The number of carbonyl (C=O) groups is 1. The molecule has 6 heteroatoms. The molecule has 1 heterocycles. The molecular weight excluding hydrogens is 357 g/mol. The zero-order chi connectivity index (χ0) is 20.1. The number of nitrogens with one attached hydrogen (secondary N) is 1. The van der Waals surface area contributed by atoms with Gasteiger partial charge in [0.25, 0.3) is 0 Å². The van der Waals surface area contributed by atoms with Crippen LogP contribution in [0.25, 0.3) is 22.3 Å². The Balaban J connectivity index is 1.96. The van der Waals surface area contributed by atoms with Gasteiger partial charge in [-0.15, -0.1) is 0 Å². The van der Waals surface area contributed by atoms with E-state index in [9.17, 15) is 9.18 Å². The van der Waals surface area contributed by atoms with E-state index in [1.807, 2.05) is 19.2 Å². The summed E-state index contributed by atoms with van der Waals surface area (Å²) in [5, 5.41) is 3.06. The number of ether oxygens (including phenoxy) is 1.